The summed E-state index contributed by atoms with van der Waals surface area (Å²) in [5.74, 6) is 0. The molecule has 0 amide bonds. The zero-order valence-corrected chi connectivity index (χ0v) is 39.9. The summed E-state index contributed by atoms with van der Waals surface area (Å²) in [4.78, 5) is 5.87. The van der Waals surface area contributed by atoms with Crippen molar-refractivity contribution in [3.63, 3.8) is 0 Å². The Morgan fingerprint density at radius 2 is 0.780 bits per heavy atom. The molecule has 2 radical (unpaired) electrons. The van der Waals surface area contributed by atoms with Crippen LogP contribution in [0.25, 0.3) is 43.8 Å². The number of benzene rings is 4. The molecule has 0 saturated carbocycles. The van der Waals surface area contributed by atoms with Gasteiger partial charge in [0.1, 0.15) is 50.0 Å². The number of fused-ring (bicyclic) bond motifs is 2. The van der Waals surface area contributed by atoms with E-state index in [4.69, 9.17) is 17.0 Å². The first-order valence-corrected chi connectivity index (χ1v) is 32.7. The summed E-state index contributed by atoms with van der Waals surface area (Å²) in [6.07, 6.45) is 18.4. The molecule has 0 aromatic heterocycles. The zero-order valence-electron chi connectivity index (χ0n) is 31.6. The molecule has 0 saturated heterocycles. The molecule has 0 N–H and O–H groups in total. The van der Waals surface area contributed by atoms with Crippen LogP contribution >= 0.6 is 17.0 Å². The van der Waals surface area contributed by atoms with Crippen LogP contribution in [0.1, 0.15) is 11.1 Å². The van der Waals surface area contributed by atoms with E-state index in [1.165, 1.54) is 74.5 Å². The van der Waals surface area contributed by atoms with Crippen molar-refractivity contribution in [2.24, 2.45) is 0 Å². The minimum absolute atomic E-state index is 0.286. The Balaban J connectivity index is 0.000000234. The van der Waals surface area contributed by atoms with E-state index in [0.29, 0.717) is 0 Å². The predicted molar refractivity (Wildman–Crippen MR) is 239 cm³/mol. The maximum absolute atomic E-state index is 4.93. The van der Waals surface area contributed by atoms with Gasteiger partial charge in [-0.15, -0.1) is 69.1 Å². The van der Waals surface area contributed by atoms with Crippen LogP contribution in [-0.4, -0.2) is 59.6 Å². The number of halogens is 2. The third kappa shape index (κ3) is 12.1. The van der Waals surface area contributed by atoms with Crippen molar-refractivity contribution >= 4 is 91.7 Å². The predicted octanol–water partition coefficient (Wildman–Crippen LogP) is 12.2. The number of rotatable bonds is 6. The molecule has 0 aliphatic rings. The topological polar surface area (TPSA) is 0 Å². The van der Waals surface area contributed by atoms with Crippen LogP contribution in [0.3, 0.4) is 0 Å². The van der Waals surface area contributed by atoms with E-state index in [0.717, 1.165) is 9.52 Å². The summed E-state index contributed by atoms with van der Waals surface area (Å²) in [5.41, 5.74) is 8.15. The number of hydrogen-bond donors (Lipinski definition) is 0. The van der Waals surface area contributed by atoms with Gasteiger partial charge in [-0.1, -0.05) is 50.2 Å². The van der Waals surface area contributed by atoms with Gasteiger partial charge < -0.3 is 0 Å². The second-order valence-electron chi connectivity index (χ2n) is 12.9. The Labute approximate surface area is 336 Å². The fourth-order valence-electron chi connectivity index (χ4n) is 5.67. The van der Waals surface area contributed by atoms with E-state index in [1.54, 1.807) is 0 Å². The van der Waals surface area contributed by atoms with Crippen molar-refractivity contribution in [2.75, 3.05) is 50.0 Å². The minimum atomic E-state index is -0.826. The van der Waals surface area contributed by atoms with Crippen LogP contribution in [0.2, 0.25) is 13.1 Å². The molecular weight excluding hydrogens is 823 g/mol. The summed E-state index contributed by atoms with van der Waals surface area (Å²) in [6, 6.07) is 36.8. The van der Waals surface area contributed by atoms with E-state index in [2.05, 4.69) is 174 Å². The number of hydrogen-bond acceptors (Lipinski definition) is 0. The van der Waals surface area contributed by atoms with Crippen LogP contribution in [0.15, 0.2) is 117 Å². The maximum atomic E-state index is 4.93. The molecule has 0 bridgehead atoms. The molecule has 0 heterocycles. The normalized spacial score (nSPS) is 10.9. The van der Waals surface area contributed by atoms with Gasteiger partial charge in [0, 0.05) is 89.5 Å². The average Bonchev–Trinajstić information content (AvgIpc) is 3.65. The van der Waals surface area contributed by atoms with Crippen LogP contribution in [0.5, 0.6) is 0 Å². The van der Waals surface area contributed by atoms with Gasteiger partial charge in [0.05, 0.1) is 0 Å². The van der Waals surface area contributed by atoms with E-state index in [-0.39, 0.29) is 43.6 Å². The first kappa shape index (κ1) is 43.6. The van der Waals surface area contributed by atoms with Gasteiger partial charge in [0.2, 0.25) is 0 Å². The third-order valence-electron chi connectivity index (χ3n) is 8.06. The Kier molecular flexibility index (Phi) is 18.5. The van der Waals surface area contributed by atoms with Crippen molar-refractivity contribution < 1.29 is 20.8 Å². The molecule has 50 heavy (non-hydrogen) atoms. The summed E-state index contributed by atoms with van der Waals surface area (Å²) in [6.45, 7) is 8.66. The molecule has 6 aromatic carbocycles. The van der Waals surface area contributed by atoms with Gasteiger partial charge in [0.25, 0.3) is 0 Å². The van der Waals surface area contributed by atoms with Crippen molar-refractivity contribution in [1.29, 1.82) is 0 Å². The second kappa shape index (κ2) is 21.2. The number of aryl methyl sites for hydroxylation is 2. The second-order valence-corrected chi connectivity index (χ2v) is 26.1. The van der Waals surface area contributed by atoms with E-state index >= 15 is 0 Å². The molecule has 0 unspecified atom stereocenters. The van der Waals surface area contributed by atoms with E-state index in [1.807, 2.05) is 0 Å². The fraction of sp³-hybridized carbons (Fsp3) is 0.286. The molecule has 0 nitrogen and oxygen atoms in total. The van der Waals surface area contributed by atoms with Gasteiger partial charge in [-0.3, -0.25) is 0 Å². The molecule has 0 aliphatic carbocycles. The Morgan fingerprint density at radius 1 is 0.500 bits per heavy atom. The monoisotopic (exact) mass is 872 g/mol. The molecule has 262 valence electrons. The summed E-state index contributed by atoms with van der Waals surface area (Å²) >= 11 is -0.826. The first-order valence-electron chi connectivity index (χ1n) is 16.2. The van der Waals surface area contributed by atoms with Crippen molar-refractivity contribution in [3.8, 4) is 22.3 Å². The molecule has 8 heteroatoms. The Bertz CT molecular complexity index is 1770. The fourth-order valence-corrected chi connectivity index (χ4v) is 8.72. The summed E-state index contributed by atoms with van der Waals surface area (Å²) in [5, 5.41) is 5.45. The van der Waals surface area contributed by atoms with Crippen LogP contribution in [0.4, 0.5) is 0 Å². The van der Waals surface area contributed by atoms with Gasteiger partial charge in [-0.2, -0.15) is 12.1 Å². The van der Waals surface area contributed by atoms with Crippen LogP contribution in [-0.2, 0) is 64.4 Å². The molecule has 0 fully saturated rings. The average molecular weight is 875 g/mol. The van der Waals surface area contributed by atoms with Crippen molar-refractivity contribution in [3.05, 3.63) is 108 Å². The zero-order chi connectivity index (χ0) is 37.1. The SMILES string of the molecule is C[Si]C.Cc1cc2c(-c3cc([S+](C)C)cc([S+](C)C)c3)cccc2[cH-]1.Cc1cc2c(-c3cc([S+](C)C)cc([S+](C)C)c3)cccc2[cH-]1.[Cl][Zr+2][Cl]. The van der Waals surface area contributed by atoms with Gasteiger partial charge in [0.15, 0.2) is 19.6 Å². The quantitative estimate of drug-likeness (QED) is 0.0888. The van der Waals surface area contributed by atoms with Gasteiger partial charge >= 0.3 is 37.9 Å². The van der Waals surface area contributed by atoms with Crippen molar-refractivity contribution in [1.82, 2.24) is 0 Å². The van der Waals surface area contributed by atoms with Crippen LogP contribution < -0.4 is 0 Å². The Morgan fingerprint density at radius 3 is 1.04 bits per heavy atom. The first-order chi connectivity index (χ1) is 23.7. The summed E-state index contributed by atoms with van der Waals surface area (Å²) in [7, 11) is 12.1. The molecule has 0 spiro atoms. The van der Waals surface area contributed by atoms with Crippen molar-refractivity contribution in [2.45, 2.75) is 46.5 Å². The van der Waals surface area contributed by atoms with Gasteiger partial charge in [-0.05, 0) is 11.1 Å². The van der Waals surface area contributed by atoms with E-state index < -0.39 is 20.8 Å². The standard InChI is InChI=1S/2C20H23S2.C2H6Si.2ClH.Zr/c2*1-14-9-15-7-6-8-19(20(15)10-14)16-11-17(21(2)3)13-18(12-16)22(4)5;1-3-2;;;/h2*6-13H,1-5H3;1-2H3;2*1H;/q2*+1;;;;+4/p-2. The Hall–Kier alpha value is -0.820. The third-order valence-corrected chi connectivity index (χ3v) is 12.8. The molecule has 0 aliphatic heterocycles. The molecule has 6 aromatic rings. The van der Waals surface area contributed by atoms with E-state index in [9.17, 15) is 0 Å². The van der Waals surface area contributed by atoms with Gasteiger partial charge in [-0.25, -0.2) is 0 Å². The molecule has 6 rings (SSSR count). The summed E-state index contributed by atoms with van der Waals surface area (Å²) < 4.78 is 0. The molecule has 0 atom stereocenters. The molecular formula is C42H52Cl2S4SiZr+4. The van der Waals surface area contributed by atoms with Crippen LogP contribution in [0, 0.1) is 13.8 Å².